The van der Waals surface area contributed by atoms with Crippen LogP contribution in [0.1, 0.15) is 23.6 Å². The highest BCUT2D eigenvalue weighted by Crippen LogP contribution is 2.37. The summed E-state index contributed by atoms with van der Waals surface area (Å²) < 4.78 is 5.31. The first-order chi connectivity index (χ1) is 10.3. The van der Waals surface area contributed by atoms with Crippen molar-refractivity contribution in [1.29, 1.82) is 0 Å². The summed E-state index contributed by atoms with van der Waals surface area (Å²) in [7, 11) is 1.62. The first kappa shape index (κ1) is 12.3. The zero-order chi connectivity index (χ0) is 14.4. The maximum atomic E-state index is 6.15. The molecule has 5 heteroatoms. The van der Waals surface area contributed by atoms with E-state index in [1.165, 1.54) is 22.8 Å². The zero-order valence-corrected chi connectivity index (χ0v) is 11.8. The van der Waals surface area contributed by atoms with Crippen LogP contribution in [0, 0.1) is 0 Å². The van der Waals surface area contributed by atoms with Gasteiger partial charge in [-0.15, -0.1) is 0 Å². The minimum Gasteiger partial charge on any atom is -0.480 e. The number of benzene rings is 1. The lowest BCUT2D eigenvalue weighted by Gasteiger charge is -2.04. The molecule has 1 atom stereocenters. The van der Waals surface area contributed by atoms with Crippen LogP contribution in [0.5, 0.6) is 5.88 Å². The summed E-state index contributed by atoms with van der Waals surface area (Å²) in [5.74, 6) is 0.574. The largest absolute Gasteiger partial charge is 0.480 e. The molecule has 3 N–H and O–H groups in total. The zero-order valence-electron chi connectivity index (χ0n) is 11.8. The second-order valence-corrected chi connectivity index (χ2v) is 5.37. The van der Waals surface area contributed by atoms with Crippen molar-refractivity contribution < 1.29 is 4.74 Å². The first-order valence-electron chi connectivity index (χ1n) is 7.02. The third kappa shape index (κ3) is 1.81. The molecule has 0 aliphatic heterocycles. The Kier molecular flexibility index (Phi) is 2.68. The number of H-pyrrole nitrogens is 1. The van der Waals surface area contributed by atoms with Gasteiger partial charge in [0, 0.05) is 23.1 Å². The molecule has 0 saturated heterocycles. The number of nitrogens with two attached hydrogens (primary N) is 1. The van der Waals surface area contributed by atoms with Crippen LogP contribution in [0.4, 0.5) is 0 Å². The summed E-state index contributed by atoms with van der Waals surface area (Å²) in [6.45, 7) is 0. The molecule has 0 bridgehead atoms. The molecule has 0 fully saturated rings. The Bertz CT molecular complexity index is 824. The topological polar surface area (TPSA) is 76.8 Å². The van der Waals surface area contributed by atoms with Crippen LogP contribution in [0.3, 0.4) is 0 Å². The molecule has 3 aromatic rings. The average Bonchev–Trinajstić information content (AvgIpc) is 3.10. The van der Waals surface area contributed by atoms with Gasteiger partial charge < -0.3 is 15.5 Å². The maximum Gasteiger partial charge on any atom is 0.225 e. The molecule has 5 nitrogen and oxygen atoms in total. The van der Waals surface area contributed by atoms with Crippen LogP contribution >= 0.6 is 0 Å². The van der Waals surface area contributed by atoms with Gasteiger partial charge in [0.15, 0.2) is 0 Å². The summed E-state index contributed by atoms with van der Waals surface area (Å²) >= 11 is 0. The molecule has 0 spiro atoms. The average molecular weight is 280 g/mol. The van der Waals surface area contributed by atoms with Crippen LogP contribution in [0.15, 0.2) is 30.7 Å². The van der Waals surface area contributed by atoms with E-state index in [1.54, 1.807) is 13.3 Å². The standard InChI is InChI=1S/C16H16N4O/c1-21-16-12(7-18-8-19-16)15-6-11-9-2-4-13(17)10(9)3-5-14(11)20-15/h3,5-8,13,20H,2,4,17H2,1H3. The Morgan fingerprint density at radius 2 is 2.29 bits per heavy atom. The molecule has 106 valence electrons. The normalized spacial score (nSPS) is 17.1. The Balaban J connectivity index is 1.92. The number of nitrogens with zero attached hydrogens (tertiary/aromatic N) is 2. The molecule has 4 rings (SSSR count). The lowest BCUT2D eigenvalue weighted by molar-refractivity contribution is 0.398. The van der Waals surface area contributed by atoms with E-state index in [9.17, 15) is 0 Å². The molecule has 2 aromatic heterocycles. The van der Waals surface area contributed by atoms with Gasteiger partial charge in [0.25, 0.3) is 0 Å². The van der Waals surface area contributed by atoms with Crippen LogP contribution in [0.25, 0.3) is 22.2 Å². The predicted octanol–water partition coefficient (Wildman–Crippen LogP) is 2.58. The van der Waals surface area contributed by atoms with Crippen molar-refractivity contribution in [3.05, 3.63) is 41.9 Å². The number of nitrogens with one attached hydrogen (secondary N) is 1. The molecular formula is C16H16N4O. The first-order valence-corrected chi connectivity index (χ1v) is 7.02. The van der Waals surface area contributed by atoms with Crippen LogP contribution in [-0.4, -0.2) is 22.1 Å². The van der Waals surface area contributed by atoms with Crippen LogP contribution < -0.4 is 10.5 Å². The number of aryl methyl sites for hydroxylation is 1. The van der Waals surface area contributed by atoms with Crippen molar-refractivity contribution >= 4 is 10.9 Å². The fourth-order valence-electron chi connectivity index (χ4n) is 3.17. The van der Waals surface area contributed by atoms with Gasteiger partial charge in [-0.25, -0.2) is 9.97 Å². The van der Waals surface area contributed by atoms with Gasteiger partial charge in [-0.2, -0.15) is 0 Å². The van der Waals surface area contributed by atoms with E-state index in [4.69, 9.17) is 10.5 Å². The molecular weight excluding hydrogens is 264 g/mol. The Morgan fingerprint density at radius 1 is 1.38 bits per heavy atom. The second kappa shape index (κ2) is 4.56. The highest BCUT2D eigenvalue weighted by Gasteiger charge is 2.22. The molecule has 1 aromatic carbocycles. The van der Waals surface area contributed by atoms with Gasteiger partial charge in [-0.3, -0.25) is 0 Å². The van der Waals surface area contributed by atoms with Gasteiger partial charge >= 0.3 is 0 Å². The quantitative estimate of drug-likeness (QED) is 0.756. The minimum absolute atomic E-state index is 0.164. The summed E-state index contributed by atoms with van der Waals surface area (Å²) in [6.07, 6.45) is 5.31. The highest BCUT2D eigenvalue weighted by molar-refractivity contribution is 5.90. The molecule has 1 unspecified atom stereocenters. The van der Waals surface area contributed by atoms with Crippen molar-refractivity contribution in [3.8, 4) is 17.1 Å². The smallest absolute Gasteiger partial charge is 0.225 e. The van der Waals surface area contributed by atoms with E-state index in [2.05, 4.69) is 33.2 Å². The van der Waals surface area contributed by atoms with E-state index >= 15 is 0 Å². The van der Waals surface area contributed by atoms with E-state index in [-0.39, 0.29) is 6.04 Å². The third-order valence-electron chi connectivity index (χ3n) is 4.22. The fourth-order valence-corrected chi connectivity index (χ4v) is 3.17. The third-order valence-corrected chi connectivity index (χ3v) is 4.22. The summed E-state index contributed by atoms with van der Waals surface area (Å²) in [6, 6.07) is 6.54. The van der Waals surface area contributed by atoms with Crippen molar-refractivity contribution in [2.75, 3.05) is 7.11 Å². The lowest BCUT2D eigenvalue weighted by Crippen LogP contribution is -2.04. The molecule has 0 radical (unpaired) electrons. The fraction of sp³-hybridized carbons (Fsp3) is 0.250. The molecule has 0 amide bonds. The number of hydrogen-bond donors (Lipinski definition) is 2. The Morgan fingerprint density at radius 3 is 3.14 bits per heavy atom. The SMILES string of the molecule is COc1ncncc1-c1cc2c3c(ccc2[nH]1)C(N)CC3. The van der Waals surface area contributed by atoms with Gasteiger partial charge in [0.1, 0.15) is 6.33 Å². The van der Waals surface area contributed by atoms with E-state index in [0.29, 0.717) is 5.88 Å². The number of ether oxygens (including phenoxy) is 1. The summed E-state index contributed by atoms with van der Waals surface area (Å²) in [5, 5.41) is 1.24. The lowest BCUT2D eigenvalue weighted by atomic mass is 10.0. The van der Waals surface area contributed by atoms with Crippen LogP contribution in [-0.2, 0) is 6.42 Å². The molecule has 21 heavy (non-hydrogen) atoms. The van der Waals surface area contributed by atoms with Crippen molar-refractivity contribution in [2.24, 2.45) is 5.73 Å². The minimum atomic E-state index is 0.164. The molecule has 1 aliphatic carbocycles. The summed E-state index contributed by atoms with van der Waals surface area (Å²) in [5.41, 5.74) is 11.7. The van der Waals surface area contributed by atoms with Gasteiger partial charge in [0.05, 0.1) is 18.4 Å². The van der Waals surface area contributed by atoms with E-state index in [0.717, 1.165) is 29.6 Å². The van der Waals surface area contributed by atoms with Crippen LogP contribution in [0.2, 0.25) is 0 Å². The monoisotopic (exact) mass is 280 g/mol. The van der Waals surface area contributed by atoms with E-state index < -0.39 is 0 Å². The molecule has 2 heterocycles. The number of hydrogen-bond acceptors (Lipinski definition) is 4. The van der Waals surface area contributed by atoms with Crippen molar-refractivity contribution in [3.63, 3.8) is 0 Å². The van der Waals surface area contributed by atoms with Gasteiger partial charge in [-0.05, 0) is 36.1 Å². The highest BCUT2D eigenvalue weighted by atomic mass is 16.5. The number of aromatic nitrogens is 3. The second-order valence-electron chi connectivity index (χ2n) is 5.37. The van der Waals surface area contributed by atoms with Crippen molar-refractivity contribution in [1.82, 2.24) is 15.0 Å². The summed E-state index contributed by atoms with van der Waals surface area (Å²) in [4.78, 5) is 11.7. The van der Waals surface area contributed by atoms with Crippen molar-refractivity contribution in [2.45, 2.75) is 18.9 Å². The van der Waals surface area contributed by atoms with Gasteiger partial charge in [-0.1, -0.05) is 6.07 Å². The Hall–Kier alpha value is -2.40. The number of fused-ring (bicyclic) bond motifs is 3. The number of rotatable bonds is 2. The predicted molar refractivity (Wildman–Crippen MR) is 81.1 cm³/mol. The Labute approximate surface area is 122 Å². The number of methoxy groups -OCH3 is 1. The molecule has 0 saturated carbocycles. The van der Waals surface area contributed by atoms with E-state index in [1.807, 2.05) is 0 Å². The molecule has 1 aliphatic rings. The maximum absolute atomic E-state index is 6.15. The van der Waals surface area contributed by atoms with Gasteiger partial charge in [0.2, 0.25) is 5.88 Å². The number of aromatic amines is 1.